The highest BCUT2D eigenvalue weighted by molar-refractivity contribution is 6.31. The van der Waals surface area contributed by atoms with Crippen LogP contribution in [0.2, 0.25) is 5.02 Å². The van der Waals surface area contributed by atoms with Crippen LogP contribution >= 0.6 is 11.6 Å². The maximum absolute atomic E-state index is 6.90. The normalized spacial score (nSPS) is 14.7. The van der Waals surface area contributed by atoms with E-state index in [1.165, 1.54) is 22.3 Å². The molecule has 0 aliphatic carbocycles. The summed E-state index contributed by atoms with van der Waals surface area (Å²) < 4.78 is 0. The third-order valence-electron chi connectivity index (χ3n) is 10.1. The van der Waals surface area contributed by atoms with Gasteiger partial charge in [-0.3, -0.25) is 9.98 Å². The number of allylic oxidation sites excluding steroid dienone is 1. The molecule has 2 heterocycles. The Morgan fingerprint density at radius 2 is 1.04 bits per heavy atom. The molecule has 0 N–H and O–H groups in total. The zero-order valence-electron chi connectivity index (χ0n) is 30.4. The number of aliphatic imine (C=N–C) groups is 1. The van der Waals surface area contributed by atoms with E-state index in [0.29, 0.717) is 10.9 Å². The predicted octanol–water partition coefficient (Wildman–Crippen LogP) is 13.7. The fourth-order valence-corrected chi connectivity index (χ4v) is 7.18. The first-order valence-corrected chi connectivity index (χ1v) is 18.2. The van der Waals surface area contributed by atoms with Crippen molar-refractivity contribution in [3.8, 4) is 55.8 Å². The Morgan fingerprint density at radius 3 is 1.55 bits per heavy atom. The molecule has 1 aliphatic heterocycles. The molecule has 3 heteroatoms. The van der Waals surface area contributed by atoms with Crippen LogP contribution in [0, 0.1) is 11.3 Å². The molecule has 0 saturated heterocycles. The zero-order valence-corrected chi connectivity index (χ0v) is 31.2. The van der Waals surface area contributed by atoms with Crippen molar-refractivity contribution in [3.63, 3.8) is 0 Å². The first-order valence-electron chi connectivity index (χ1n) is 17.8. The van der Waals surface area contributed by atoms with Gasteiger partial charge >= 0.3 is 0 Å². The third-order valence-corrected chi connectivity index (χ3v) is 10.3. The summed E-state index contributed by atoms with van der Waals surface area (Å²) in [5.41, 5.74) is 15.1. The summed E-state index contributed by atoms with van der Waals surface area (Å²) in [6.07, 6.45) is 7.09. The molecule has 1 atom stereocenters. The molecule has 2 nitrogen and oxygen atoms in total. The second-order valence-electron chi connectivity index (χ2n) is 15.7. The molecule has 254 valence electrons. The summed E-state index contributed by atoms with van der Waals surface area (Å²) in [5, 5.41) is 0.708. The van der Waals surface area contributed by atoms with Crippen LogP contribution in [0.3, 0.4) is 0 Å². The number of hydrogen-bond donors (Lipinski definition) is 0. The maximum Gasteiger partial charge on any atom is 0.0704 e. The molecule has 51 heavy (non-hydrogen) atoms. The molecule has 0 saturated carbocycles. The lowest BCUT2D eigenvalue weighted by molar-refractivity contribution is 0.298. The first kappa shape index (κ1) is 34.4. The van der Waals surface area contributed by atoms with Crippen LogP contribution in [0.15, 0.2) is 151 Å². The van der Waals surface area contributed by atoms with E-state index in [0.717, 1.165) is 56.8 Å². The van der Waals surface area contributed by atoms with Crippen molar-refractivity contribution in [1.29, 1.82) is 0 Å². The zero-order chi connectivity index (χ0) is 35.8. The molecule has 7 rings (SSSR count). The minimum absolute atomic E-state index is 0.0657. The molecule has 0 radical (unpaired) electrons. The van der Waals surface area contributed by atoms with Gasteiger partial charge in [-0.1, -0.05) is 156 Å². The minimum atomic E-state index is 0.0657. The van der Waals surface area contributed by atoms with E-state index in [1.807, 2.05) is 12.4 Å². The molecular weight excluding hydrogens is 640 g/mol. The van der Waals surface area contributed by atoms with Crippen molar-refractivity contribution in [2.75, 3.05) is 0 Å². The number of pyridine rings is 1. The maximum atomic E-state index is 6.90. The summed E-state index contributed by atoms with van der Waals surface area (Å²) in [5.74, 6) is 0.473. The van der Waals surface area contributed by atoms with E-state index in [9.17, 15) is 0 Å². The summed E-state index contributed by atoms with van der Waals surface area (Å²) in [4.78, 5) is 9.44. The number of rotatable bonds is 6. The molecule has 0 fully saturated rings. The Morgan fingerprint density at radius 1 is 0.549 bits per heavy atom. The summed E-state index contributed by atoms with van der Waals surface area (Å²) >= 11 is 6.90. The Kier molecular flexibility index (Phi) is 9.40. The third kappa shape index (κ3) is 7.53. The standard InChI is InChI=1S/C48H45ClN2/c1-47(2,3)38-23-25-50-45(30-38)34-19-15-32(16-20-34)41-11-7-9-13-43(41)36-27-37(29-40(49)28-36)44-14-10-8-12-42(44)33-17-21-35(22-18-33)46-31-39(24-26-51-46)48(4,5)6/h7-30,39H,31H2,1-6H3. The average molecular weight is 685 g/mol. The van der Waals surface area contributed by atoms with Crippen LogP contribution in [0.25, 0.3) is 55.8 Å². The van der Waals surface area contributed by atoms with Gasteiger partial charge in [0.1, 0.15) is 0 Å². The van der Waals surface area contributed by atoms with Gasteiger partial charge in [-0.2, -0.15) is 0 Å². The fraction of sp³-hybridized carbons (Fsp3) is 0.208. The van der Waals surface area contributed by atoms with Gasteiger partial charge in [-0.05, 0) is 109 Å². The molecule has 1 unspecified atom stereocenters. The van der Waals surface area contributed by atoms with Crippen LogP contribution < -0.4 is 0 Å². The fourth-order valence-electron chi connectivity index (χ4n) is 6.94. The van der Waals surface area contributed by atoms with Gasteiger partial charge in [0.25, 0.3) is 0 Å². The number of benzene rings is 5. The van der Waals surface area contributed by atoms with Crippen LogP contribution in [-0.4, -0.2) is 10.7 Å². The lowest BCUT2D eigenvalue weighted by Crippen LogP contribution is -2.23. The average Bonchev–Trinajstić information content (AvgIpc) is 3.14. The second-order valence-corrected chi connectivity index (χ2v) is 16.2. The van der Waals surface area contributed by atoms with Gasteiger partial charge < -0.3 is 0 Å². The molecule has 0 bridgehead atoms. The van der Waals surface area contributed by atoms with E-state index in [-0.39, 0.29) is 10.8 Å². The Balaban J connectivity index is 1.20. The van der Waals surface area contributed by atoms with Crippen molar-refractivity contribution >= 4 is 17.3 Å². The SMILES string of the molecule is CC(C)(C)c1ccnc(-c2ccc(-c3ccccc3-c3cc(Cl)cc(-c4ccccc4-c4ccc(C5=NC=CC(C(C)(C)C)C5)cc4)c3)cc2)c1. The van der Waals surface area contributed by atoms with Crippen molar-refractivity contribution in [1.82, 2.24) is 4.98 Å². The van der Waals surface area contributed by atoms with Crippen molar-refractivity contribution in [3.05, 3.63) is 162 Å². The minimum Gasteiger partial charge on any atom is -0.261 e. The Labute approximate surface area is 308 Å². The van der Waals surface area contributed by atoms with Gasteiger partial charge in [-0.25, -0.2) is 0 Å². The lowest BCUT2D eigenvalue weighted by Gasteiger charge is -2.30. The van der Waals surface area contributed by atoms with Crippen LogP contribution in [0.4, 0.5) is 0 Å². The Hall–Kier alpha value is -5.05. The number of hydrogen-bond acceptors (Lipinski definition) is 2. The van der Waals surface area contributed by atoms with E-state index in [4.69, 9.17) is 16.6 Å². The van der Waals surface area contributed by atoms with Gasteiger partial charge in [0, 0.05) is 28.7 Å². The lowest BCUT2D eigenvalue weighted by atomic mass is 9.76. The summed E-state index contributed by atoms with van der Waals surface area (Å²) in [7, 11) is 0. The Bertz CT molecular complexity index is 2240. The van der Waals surface area contributed by atoms with Gasteiger partial charge in [0.15, 0.2) is 0 Å². The summed E-state index contributed by atoms with van der Waals surface area (Å²) in [6, 6.07) is 45.5. The van der Waals surface area contributed by atoms with Crippen LogP contribution in [-0.2, 0) is 5.41 Å². The molecule has 6 aromatic rings. The van der Waals surface area contributed by atoms with Crippen molar-refractivity contribution in [2.24, 2.45) is 16.3 Å². The predicted molar refractivity (Wildman–Crippen MR) is 218 cm³/mol. The van der Waals surface area contributed by atoms with E-state index in [2.05, 4.69) is 180 Å². The van der Waals surface area contributed by atoms with E-state index < -0.39 is 0 Å². The number of halogens is 1. The van der Waals surface area contributed by atoms with Gasteiger partial charge in [0.05, 0.1) is 5.69 Å². The molecule has 1 aromatic heterocycles. The number of nitrogens with zero attached hydrogens (tertiary/aromatic N) is 2. The largest absolute Gasteiger partial charge is 0.261 e. The molecule has 0 spiro atoms. The van der Waals surface area contributed by atoms with Gasteiger partial charge in [-0.15, -0.1) is 0 Å². The first-order chi connectivity index (χ1) is 24.4. The molecular formula is C48H45ClN2. The van der Waals surface area contributed by atoms with Crippen LogP contribution in [0.1, 0.15) is 59.1 Å². The highest BCUT2D eigenvalue weighted by atomic mass is 35.5. The second kappa shape index (κ2) is 13.9. The monoisotopic (exact) mass is 684 g/mol. The smallest absolute Gasteiger partial charge is 0.0704 e. The molecule has 0 amide bonds. The van der Waals surface area contributed by atoms with Gasteiger partial charge in [0.2, 0.25) is 0 Å². The highest BCUT2D eigenvalue weighted by Gasteiger charge is 2.26. The summed E-state index contributed by atoms with van der Waals surface area (Å²) in [6.45, 7) is 13.6. The topological polar surface area (TPSA) is 25.2 Å². The molecule has 5 aromatic carbocycles. The van der Waals surface area contributed by atoms with Crippen molar-refractivity contribution in [2.45, 2.75) is 53.4 Å². The molecule has 1 aliphatic rings. The van der Waals surface area contributed by atoms with Crippen LogP contribution in [0.5, 0.6) is 0 Å². The highest BCUT2D eigenvalue weighted by Crippen LogP contribution is 2.40. The van der Waals surface area contributed by atoms with E-state index in [1.54, 1.807) is 0 Å². The number of aromatic nitrogens is 1. The van der Waals surface area contributed by atoms with E-state index >= 15 is 0 Å². The quantitative estimate of drug-likeness (QED) is 0.171. The van der Waals surface area contributed by atoms with Crippen molar-refractivity contribution < 1.29 is 0 Å².